The van der Waals surface area contributed by atoms with Crippen LogP contribution >= 0.6 is 12.4 Å². The molecule has 2 amide bonds. The summed E-state index contributed by atoms with van der Waals surface area (Å²) < 4.78 is 0. The quantitative estimate of drug-likeness (QED) is 0.358. The van der Waals surface area contributed by atoms with Crippen LogP contribution in [0.2, 0.25) is 0 Å². The van der Waals surface area contributed by atoms with Gasteiger partial charge in [0.1, 0.15) is 0 Å². The molecule has 0 aromatic carbocycles. The van der Waals surface area contributed by atoms with Crippen molar-refractivity contribution in [3.8, 4) is 0 Å². The summed E-state index contributed by atoms with van der Waals surface area (Å²) in [4.78, 5) is 20.9. The number of hydrogen-bond acceptors (Lipinski definition) is 2. The predicted molar refractivity (Wildman–Crippen MR) is 25.0 cm³/mol. The maximum Gasteiger partial charge on any atom is 0.349 e. The van der Waals surface area contributed by atoms with E-state index < -0.39 is 6.03 Å². The molecule has 0 rings (SSSR count). The Hall–Kier alpha value is -0.860. The molecular formula is C2H3ClN2O2. The number of amides is 2. The van der Waals surface area contributed by atoms with Crippen LogP contribution in [-0.4, -0.2) is 12.1 Å². The summed E-state index contributed by atoms with van der Waals surface area (Å²) in [7, 11) is 0. The highest BCUT2D eigenvalue weighted by Gasteiger charge is 1.76. The Morgan fingerprint density at radius 1 is 1.71 bits per heavy atom. The number of nitrogens with two attached hydrogens (primary N) is 1. The van der Waals surface area contributed by atoms with Gasteiger partial charge in [-0.25, -0.2) is 9.59 Å². The SMILES string of the molecule is Cl.NC(=O)N=C=O. The van der Waals surface area contributed by atoms with E-state index in [1.54, 1.807) is 0 Å². The normalized spacial score (nSPS) is 5.14. The Balaban J connectivity index is 0. The lowest BCUT2D eigenvalue weighted by molar-refractivity contribution is 0.256. The first kappa shape index (κ1) is 9.46. The minimum atomic E-state index is -1.01. The predicted octanol–water partition coefficient (Wildman–Crippen LogP) is -0.177. The van der Waals surface area contributed by atoms with E-state index in [-0.39, 0.29) is 12.4 Å². The number of rotatable bonds is 0. The summed E-state index contributed by atoms with van der Waals surface area (Å²) in [6, 6.07) is -1.01. The van der Waals surface area contributed by atoms with Gasteiger partial charge in [-0.15, -0.1) is 17.4 Å². The summed E-state index contributed by atoms with van der Waals surface area (Å²) >= 11 is 0. The summed E-state index contributed by atoms with van der Waals surface area (Å²) in [5.74, 6) is 0. The minimum absolute atomic E-state index is 0. The van der Waals surface area contributed by atoms with Crippen molar-refractivity contribution in [2.24, 2.45) is 10.7 Å². The van der Waals surface area contributed by atoms with Gasteiger partial charge in [-0.2, -0.15) is 0 Å². The largest absolute Gasteiger partial charge is 0.349 e. The van der Waals surface area contributed by atoms with Crippen LogP contribution in [-0.2, 0) is 4.79 Å². The molecule has 7 heavy (non-hydrogen) atoms. The van der Waals surface area contributed by atoms with Gasteiger partial charge in [0.05, 0.1) is 0 Å². The molecule has 0 heterocycles. The highest BCUT2D eigenvalue weighted by molar-refractivity contribution is 5.85. The maximum absolute atomic E-state index is 9.39. The molecule has 5 heteroatoms. The highest BCUT2D eigenvalue weighted by atomic mass is 35.5. The number of halogens is 1. The van der Waals surface area contributed by atoms with Crippen molar-refractivity contribution in [2.75, 3.05) is 0 Å². The molecular weight excluding hydrogens is 119 g/mol. The van der Waals surface area contributed by atoms with E-state index >= 15 is 0 Å². The van der Waals surface area contributed by atoms with E-state index in [4.69, 9.17) is 4.79 Å². The lowest BCUT2D eigenvalue weighted by Crippen LogP contribution is -2.02. The zero-order valence-corrected chi connectivity index (χ0v) is 4.07. The second-order valence-corrected chi connectivity index (χ2v) is 0.541. The molecule has 0 radical (unpaired) electrons. The van der Waals surface area contributed by atoms with E-state index in [1.807, 2.05) is 0 Å². The molecule has 0 aliphatic carbocycles. The van der Waals surface area contributed by atoms with Crippen LogP contribution in [0.1, 0.15) is 0 Å². The van der Waals surface area contributed by atoms with Gasteiger partial charge in [-0.3, -0.25) is 0 Å². The third-order valence-electron chi connectivity index (χ3n) is 0.156. The number of aliphatic imine (C=N–C) groups is 1. The van der Waals surface area contributed by atoms with Gasteiger partial charge in [0.25, 0.3) is 0 Å². The number of isocyanates is 1. The standard InChI is InChI=1S/C2H2N2O2.ClH/c3-2(6)4-1-5;/h(H2,3,6);1H. The molecule has 4 nitrogen and oxygen atoms in total. The smallest absolute Gasteiger partial charge is 0.349 e. The topological polar surface area (TPSA) is 72.5 Å². The van der Waals surface area contributed by atoms with E-state index in [0.717, 1.165) is 6.08 Å². The van der Waals surface area contributed by atoms with Gasteiger partial charge in [0, 0.05) is 0 Å². The fourth-order valence-corrected chi connectivity index (χ4v) is 0.0450. The molecule has 0 saturated carbocycles. The van der Waals surface area contributed by atoms with E-state index in [1.165, 1.54) is 0 Å². The minimum Gasteiger partial charge on any atom is -0.349 e. The van der Waals surface area contributed by atoms with Crippen molar-refractivity contribution < 1.29 is 9.59 Å². The summed E-state index contributed by atoms with van der Waals surface area (Å²) in [5, 5.41) is 0. The third kappa shape index (κ3) is 11.1. The molecule has 0 spiro atoms. The van der Waals surface area contributed by atoms with Crippen LogP contribution in [0.4, 0.5) is 4.79 Å². The van der Waals surface area contributed by atoms with Gasteiger partial charge in [0.2, 0.25) is 6.08 Å². The summed E-state index contributed by atoms with van der Waals surface area (Å²) in [6.45, 7) is 0. The van der Waals surface area contributed by atoms with Gasteiger partial charge in [-0.1, -0.05) is 0 Å². The molecule has 0 aliphatic heterocycles. The fourth-order valence-electron chi connectivity index (χ4n) is 0.0450. The molecule has 0 fully saturated rings. The number of hydrogen-bond donors (Lipinski definition) is 1. The zero-order chi connectivity index (χ0) is 4.99. The van der Waals surface area contributed by atoms with E-state index in [9.17, 15) is 4.79 Å². The Kier molecular flexibility index (Phi) is 6.95. The van der Waals surface area contributed by atoms with E-state index in [0.29, 0.717) is 0 Å². The van der Waals surface area contributed by atoms with Crippen molar-refractivity contribution >= 4 is 24.5 Å². The highest BCUT2D eigenvalue weighted by Crippen LogP contribution is 1.55. The van der Waals surface area contributed by atoms with E-state index in [2.05, 4.69) is 10.7 Å². The Labute approximate surface area is 45.8 Å². The van der Waals surface area contributed by atoms with Gasteiger partial charge in [-0.05, 0) is 0 Å². The van der Waals surface area contributed by atoms with Crippen LogP contribution in [0.3, 0.4) is 0 Å². The second-order valence-electron chi connectivity index (χ2n) is 0.541. The monoisotopic (exact) mass is 122 g/mol. The molecule has 0 aromatic rings. The second kappa shape index (κ2) is 5.14. The van der Waals surface area contributed by atoms with Crippen molar-refractivity contribution in [3.63, 3.8) is 0 Å². The molecule has 0 saturated heterocycles. The average molecular weight is 123 g/mol. The van der Waals surface area contributed by atoms with Crippen LogP contribution in [0.15, 0.2) is 4.99 Å². The Bertz CT molecular complexity index is 106. The van der Waals surface area contributed by atoms with Crippen molar-refractivity contribution in [1.29, 1.82) is 0 Å². The first-order valence-electron chi connectivity index (χ1n) is 1.14. The zero-order valence-electron chi connectivity index (χ0n) is 3.25. The molecule has 2 N–H and O–H groups in total. The molecule has 0 aromatic heterocycles. The van der Waals surface area contributed by atoms with Crippen molar-refractivity contribution in [3.05, 3.63) is 0 Å². The molecule has 40 valence electrons. The molecule has 0 bridgehead atoms. The Morgan fingerprint density at radius 3 is 2.14 bits per heavy atom. The average Bonchev–Trinajstić information content (AvgIpc) is 1.35. The molecule has 0 unspecified atom stereocenters. The number of carbonyl (C=O) groups is 1. The number of primary amides is 1. The molecule has 0 aliphatic rings. The van der Waals surface area contributed by atoms with Crippen LogP contribution in [0.25, 0.3) is 0 Å². The number of nitrogens with zero attached hydrogens (tertiary/aromatic N) is 1. The number of urea groups is 1. The molecule has 0 atom stereocenters. The lowest BCUT2D eigenvalue weighted by Gasteiger charge is -1.63. The summed E-state index contributed by atoms with van der Waals surface area (Å²) in [5.41, 5.74) is 4.33. The first-order valence-corrected chi connectivity index (χ1v) is 1.14. The van der Waals surface area contributed by atoms with Gasteiger partial charge < -0.3 is 5.73 Å². The third-order valence-corrected chi connectivity index (χ3v) is 0.156. The Morgan fingerprint density at radius 2 is 2.14 bits per heavy atom. The van der Waals surface area contributed by atoms with Crippen LogP contribution in [0.5, 0.6) is 0 Å². The first-order chi connectivity index (χ1) is 2.77. The summed E-state index contributed by atoms with van der Waals surface area (Å²) in [6.07, 6.45) is 0.968. The maximum atomic E-state index is 9.39. The lowest BCUT2D eigenvalue weighted by atomic mass is 11.1. The van der Waals surface area contributed by atoms with Gasteiger partial charge in [0.15, 0.2) is 0 Å². The van der Waals surface area contributed by atoms with Crippen molar-refractivity contribution in [1.82, 2.24) is 0 Å². The van der Waals surface area contributed by atoms with Crippen LogP contribution < -0.4 is 5.73 Å². The van der Waals surface area contributed by atoms with Crippen molar-refractivity contribution in [2.45, 2.75) is 0 Å². The fraction of sp³-hybridized carbons (Fsp3) is 0. The van der Waals surface area contributed by atoms with Crippen LogP contribution in [0, 0.1) is 0 Å². The number of carbonyl (C=O) groups excluding carboxylic acids is 2. The van der Waals surface area contributed by atoms with Gasteiger partial charge >= 0.3 is 6.03 Å².